The molecule has 0 aromatic heterocycles. The lowest BCUT2D eigenvalue weighted by atomic mass is 9.09. The van der Waals surface area contributed by atoms with E-state index in [0.717, 1.165) is 47.3 Å². The number of hydrogen-bond donors (Lipinski definition) is 0. The second-order valence-corrected chi connectivity index (χ2v) is 11.5. The van der Waals surface area contributed by atoms with Crippen LogP contribution in [0, 0.1) is 94.7 Å². The lowest BCUT2D eigenvalue weighted by Gasteiger charge is -2.94. The molecule has 0 spiro atoms. The van der Waals surface area contributed by atoms with E-state index in [0.29, 0.717) is 0 Å². The molecule has 0 aromatic rings. The largest absolute Gasteiger partial charge is 0.0581 e. The molecule has 0 aromatic carbocycles. The van der Waals surface area contributed by atoms with E-state index in [1.807, 2.05) is 0 Å². The minimum absolute atomic E-state index is 1.01. The maximum atomic E-state index is 2.61. The molecule has 12 unspecified atom stereocenters. The highest BCUT2D eigenvalue weighted by Crippen LogP contribution is 2.95. The summed E-state index contributed by atoms with van der Waals surface area (Å²) < 4.78 is 0. The summed E-state index contributed by atoms with van der Waals surface area (Å²) in [4.78, 5) is 0. The Labute approximate surface area is 141 Å². The number of fused-ring (bicyclic) bond motifs is 26. The summed E-state index contributed by atoms with van der Waals surface area (Å²) >= 11 is 0. The summed E-state index contributed by atoms with van der Waals surface area (Å²) in [5, 5.41) is 0. The summed E-state index contributed by atoms with van der Waals surface area (Å²) in [6.45, 7) is 0. The van der Waals surface area contributed by atoms with Crippen molar-refractivity contribution in [3.63, 3.8) is 0 Å². The SMILES string of the molecule is C1=CC2=C3C=CC4=C1C1C4C4C1C1C4C4C1C1C5C6C3C2C6C5C41. The Morgan fingerprint density at radius 3 is 0.750 bits per heavy atom. The molecule has 0 bridgehead atoms. The van der Waals surface area contributed by atoms with Crippen LogP contribution in [0.5, 0.6) is 0 Å². The summed E-state index contributed by atoms with van der Waals surface area (Å²) in [5.74, 6) is 18.4. The number of rotatable bonds is 0. The number of hydrogen-bond acceptors (Lipinski definition) is 0. The van der Waals surface area contributed by atoms with Gasteiger partial charge >= 0.3 is 0 Å². The summed E-state index contributed by atoms with van der Waals surface area (Å²) in [6, 6.07) is 0. The van der Waals surface area contributed by atoms with Gasteiger partial charge in [-0.3, -0.25) is 0 Å². The Bertz CT molecular complexity index is 824. The lowest BCUT2D eigenvalue weighted by molar-refractivity contribution is -0.466. The lowest BCUT2D eigenvalue weighted by Crippen LogP contribution is -2.91. The van der Waals surface area contributed by atoms with Crippen molar-refractivity contribution in [1.29, 1.82) is 0 Å². The minimum atomic E-state index is 1.01. The van der Waals surface area contributed by atoms with Gasteiger partial charge in [-0.2, -0.15) is 0 Å². The van der Waals surface area contributed by atoms with Crippen molar-refractivity contribution < 1.29 is 0 Å². The van der Waals surface area contributed by atoms with Crippen molar-refractivity contribution >= 4 is 0 Å². The highest BCUT2D eigenvalue weighted by molar-refractivity contribution is 5.63. The molecule has 0 saturated heterocycles. The van der Waals surface area contributed by atoms with Crippen LogP contribution in [0.15, 0.2) is 46.6 Å². The second-order valence-electron chi connectivity index (χ2n) is 11.5. The van der Waals surface area contributed by atoms with Gasteiger partial charge < -0.3 is 0 Å². The monoisotopic (exact) mass is 308 g/mol. The third-order valence-corrected chi connectivity index (χ3v) is 12.5. The van der Waals surface area contributed by atoms with Crippen molar-refractivity contribution in [2.24, 2.45) is 94.7 Å². The van der Waals surface area contributed by atoms with Gasteiger partial charge in [-0.15, -0.1) is 0 Å². The van der Waals surface area contributed by atoms with E-state index in [1.165, 1.54) is 47.3 Å². The van der Waals surface area contributed by atoms with E-state index in [9.17, 15) is 0 Å². The Morgan fingerprint density at radius 1 is 0.292 bits per heavy atom. The van der Waals surface area contributed by atoms with Gasteiger partial charge in [0.2, 0.25) is 0 Å². The van der Waals surface area contributed by atoms with Gasteiger partial charge in [0.25, 0.3) is 0 Å². The van der Waals surface area contributed by atoms with Crippen molar-refractivity contribution in [3.05, 3.63) is 46.6 Å². The quantitative estimate of drug-likeness (QED) is 0.599. The zero-order chi connectivity index (χ0) is 14.4. The Kier molecular flexibility index (Phi) is 1.03. The molecule has 10 aliphatic rings. The van der Waals surface area contributed by atoms with Crippen LogP contribution in [0.2, 0.25) is 0 Å². The molecule has 0 amide bonds. The van der Waals surface area contributed by atoms with E-state index in [4.69, 9.17) is 0 Å². The van der Waals surface area contributed by atoms with Crippen molar-refractivity contribution in [1.82, 2.24) is 0 Å². The molecule has 7 saturated carbocycles. The first-order valence-corrected chi connectivity index (χ1v) is 10.8. The fourth-order valence-corrected chi connectivity index (χ4v) is 12.4. The van der Waals surface area contributed by atoms with Gasteiger partial charge in [0, 0.05) is 0 Å². The second kappa shape index (κ2) is 2.43. The molecular weight excluding hydrogens is 288 g/mol. The summed E-state index contributed by atoms with van der Waals surface area (Å²) in [5.41, 5.74) is 7.17. The summed E-state index contributed by atoms with van der Waals surface area (Å²) in [6.07, 6.45) is 10.4. The smallest absolute Gasteiger partial charge is 0.00531 e. The highest BCUT2D eigenvalue weighted by atomic mass is 15.0. The van der Waals surface area contributed by atoms with Crippen LogP contribution in [-0.2, 0) is 0 Å². The molecule has 0 nitrogen and oxygen atoms in total. The van der Waals surface area contributed by atoms with Crippen LogP contribution in [0.1, 0.15) is 0 Å². The standard InChI is InChI=1S/C24H20/c1-2-6-8-4-3-7-5(1)9-11(7)15-13(9)17-19(15)23-21(17)24-20-16-12(8)10(6)14(16)18(20)22(23)24/h1-4,9-24H. The average Bonchev–Trinajstić information content (AvgIpc) is 2.57. The Hall–Kier alpha value is -1.04. The van der Waals surface area contributed by atoms with Gasteiger partial charge in [-0.1, -0.05) is 24.3 Å². The molecule has 0 radical (unpaired) electrons. The maximum Gasteiger partial charge on any atom is -0.00531 e. The fraction of sp³-hybridized carbons (Fsp3) is 0.667. The zero-order valence-corrected chi connectivity index (χ0v) is 13.5. The molecule has 0 heterocycles. The van der Waals surface area contributed by atoms with Crippen molar-refractivity contribution in [2.75, 3.05) is 0 Å². The molecular formula is C24H20. The van der Waals surface area contributed by atoms with Crippen molar-refractivity contribution in [3.8, 4) is 0 Å². The van der Waals surface area contributed by atoms with Crippen molar-refractivity contribution in [2.45, 2.75) is 0 Å². The van der Waals surface area contributed by atoms with E-state index in [-0.39, 0.29) is 0 Å². The Morgan fingerprint density at radius 2 is 0.500 bits per heavy atom. The fourth-order valence-electron chi connectivity index (χ4n) is 12.4. The van der Waals surface area contributed by atoms with Gasteiger partial charge in [0.05, 0.1) is 0 Å². The van der Waals surface area contributed by atoms with Crippen LogP contribution < -0.4 is 0 Å². The minimum Gasteiger partial charge on any atom is -0.0581 e. The predicted molar refractivity (Wildman–Crippen MR) is 88.2 cm³/mol. The maximum absolute atomic E-state index is 2.61. The first-order chi connectivity index (χ1) is 12.0. The van der Waals surface area contributed by atoms with E-state index < -0.39 is 0 Å². The van der Waals surface area contributed by atoms with Gasteiger partial charge in [-0.05, 0) is 117 Å². The molecule has 10 rings (SSSR count). The van der Waals surface area contributed by atoms with Gasteiger partial charge in [0.15, 0.2) is 0 Å². The molecule has 10 aliphatic carbocycles. The normalized spacial score (nSPS) is 80.7. The van der Waals surface area contributed by atoms with Crippen LogP contribution in [0.25, 0.3) is 0 Å². The molecule has 7 fully saturated rings. The average molecular weight is 308 g/mol. The van der Waals surface area contributed by atoms with Gasteiger partial charge in [0.1, 0.15) is 0 Å². The topological polar surface area (TPSA) is 0 Å². The molecule has 0 aliphatic heterocycles. The number of allylic oxidation sites excluding steroid dienone is 8. The molecule has 12 atom stereocenters. The molecule has 116 valence electrons. The zero-order valence-electron chi connectivity index (χ0n) is 13.5. The Balaban J connectivity index is 1.24. The highest BCUT2D eigenvalue weighted by Gasteiger charge is 2.91. The third kappa shape index (κ3) is 0.571. The van der Waals surface area contributed by atoms with Crippen LogP contribution in [-0.4, -0.2) is 0 Å². The van der Waals surface area contributed by atoms with Crippen LogP contribution in [0.4, 0.5) is 0 Å². The van der Waals surface area contributed by atoms with E-state index in [2.05, 4.69) is 24.3 Å². The van der Waals surface area contributed by atoms with Crippen LogP contribution in [0.3, 0.4) is 0 Å². The molecule has 24 heavy (non-hydrogen) atoms. The first-order valence-electron chi connectivity index (χ1n) is 10.8. The van der Waals surface area contributed by atoms with Gasteiger partial charge in [-0.25, -0.2) is 0 Å². The van der Waals surface area contributed by atoms with E-state index in [1.54, 1.807) is 22.3 Å². The molecule has 0 N–H and O–H groups in total. The summed E-state index contributed by atoms with van der Waals surface area (Å²) in [7, 11) is 0. The predicted octanol–water partition coefficient (Wildman–Crippen LogP) is 3.70. The third-order valence-electron chi connectivity index (χ3n) is 12.5. The van der Waals surface area contributed by atoms with Crippen LogP contribution >= 0.6 is 0 Å². The first kappa shape index (κ1) is 10.2. The molecule has 0 heteroatoms. The van der Waals surface area contributed by atoms with E-state index >= 15 is 0 Å².